The van der Waals surface area contributed by atoms with Gasteiger partial charge in [0.1, 0.15) is 5.76 Å². The first-order valence-electron chi connectivity index (χ1n) is 9.18. The number of nitrogens with zero attached hydrogens (tertiary/aromatic N) is 2. The molecular weight excluding hydrogens is 300 g/mol. The van der Waals surface area contributed by atoms with E-state index in [0.29, 0.717) is 11.8 Å². The first kappa shape index (κ1) is 15.9. The van der Waals surface area contributed by atoms with Gasteiger partial charge in [0, 0.05) is 18.5 Å². The fourth-order valence-corrected chi connectivity index (χ4v) is 3.71. The molecule has 2 aliphatic rings. The third-order valence-corrected chi connectivity index (χ3v) is 5.41. The molecule has 4 heteroatoms. The fourth-order valence-electron chi connectivity index (χ4n) is 3.71. The molecule has 1 aromatic heterocycles. The maximum absolute atomic E-state index is 10.5. The fraction of sp³-hybridized carbons (Fsp3) is 0.550. The number of aromatic nitrogens is 1. The number of rotatable bonds is 6. The van der Waals surface area contributed by atoms with Gasteiger partial charge < -0.3 is 9.63 Å². The van der Waals surface area contributed by atoms with E-state index < -0.39 is 0 Å². The lowest BCUT2D eigenvalue weighted by molar-refractivity contribution is 0.0570. The molecule has 0 bridgehead atoms. The van der Waals surface area contributed by atoms with Gasteiger partial charge in [0.05, 0.1) is 11.8 Å². The topological polar surface area (TPSA) is 49.5 Å². The van der Waals surface area contributed by atoms with Gasteiger partial charge in [-0.1, -0.05) is 35.5 Å². The Morgan fingerprint density at radius 3 is 2.58 bits per heavy atom. The van der Waals surface area contributed by atoms with E-state index in [1.165, 1.54) is 18.4 Å². The summed E-state index contributed by atoms with van der Waals surface area (Å²) in [6.45, 7) is 2.93. The molecule has 1 saturated carbocycles. The molecule has 0 amide bonds. The highest BCUT2D eigenvalue weighted by Gasteiger charge is 2.29. The zero-order valence-corrected chi connectivity index (χ0v) is 14.1. The van der Waals surface area contributed by atoms with Crippen LogP contribution in [0.15, 0.2) is 40.9 Å². The molecule has 128 valence electrons. The summed E-state index contributed by atoms with van der Waals surface area (Å²) in [7, 11) is 0. The molecule has 4 rings (SSSR count). The van der Waals surface area contributed by atoms with Crippen LogP contribution in [-0.4, -0.2) is 34.4 Å². The van der Waals surface area contributed by atoms with Crippen LogP contribution in [0.5, 0.6) is 0 Å². The molecule has 4 nitrogen and oxygen atoms in total. The van der Waals surface area contributed by atoms with E-state index in [1.54, 1.807) is 0 Å². The van der Waals surface area contributed by atoms with Gasteiger partial charge in [-0.05, 0) is 56.7 Å². The number of hydrogen-bond donors (Lipinski definition) is 1. The van der Waals surface area contributed by atoms with Crippen molar-refractivity contribution >= 4 is 0 Å². The minimum atomic E-state index is -0.233. The molecule has 24 heavy (non-hydrogen) atoms. The third-order valence-electron chi connectivity index (χ3n) is 5.41. The zero-order valence-electron chi connectivity index (χ0n) is 14.1. The Hall–Kier alpha value is -1.65. The molecular formula is C20H26N2O2. The van der Waals surface area contributed by atoms with Crippen LogP contribution in [0, 0.1) is 5.92 Å². The van der Waals surface area contributed by atoms with Crippen LogP contribution in [0.25, 0.3) is 0 Å². The largest absolute Gasteiger partial charge is 0.392 e. The summed E-state index contributed by atoms with van der Waals surface area (Å²) in [6, 6.07) is 12.4. The van der Waals surface area contributed by atoms with Crippen molar-refractivity contribution in [3.8, 4) is 0 Å². The van der Waals surface area contributed by atoms with Gasteiger partial charge in [0.25, 0.3) is 0 Å². The molecule has 2 fully saturated rings. The smallest absolute Gasteiger partial charge is 0.140 e. The van der Waals surface area contributed by atoms with E-state index in [1.807, 2.05) is 18.2 Å². The van der Waals surface area contributed by atoms with Crippen molar-refractivity contribution < 1.29 is 9.63 Å². The third kappa shape index (κ3) is 3.87. The predicted octanol–water partition coefficient (Wildman–Crippen LogP) is 3.37. The molecule has 1 aliphatic heterocycles. The molecule has 2 aromatic rings. The molecule has 0 unspecified atom stereocenters. The van der Waals surface area contributed by atoms with Crippen LogP contribution in [0.1, 0.15) is 48.6 Å². The molecule has 0 spiro atoms. The number of benzene rings is 1. The molecule has 1 aromatic carbocycles. The summed E-state index contributed by atoms with van der Waals surface area (Å²) in [5.41, 5.74) is 2.28. The van der Waals surface area contributed by atoms with Gasteiger partial charge in [-0.15, -0.1) is 0 Å². The van der Waals surface area contributed by atoms with E-state index in [0.717, 1.165) is 50.4 Å². The Balaban J connectivity index is 1.25. The van der Waals surface area contributed by atoms with Crippen molar-refractivity contribution in [1.82, 2.24) is 10.1 Å². The Morgan fingerprint density at radius 2 is 1.88 bits per heavy atom. The molecule has 1 saturated heterocycles. The molecule has 1 aliphatic carbocycles. The Bertz CT molecular complexity index is 643. The van der Waals surface area contributed by atoms with Crippen molar-refractivity contribution in [3.05, 3.63) is 53.4 Å². The van der Waals surface area contributed by atoms with Crippen LogP contribution >= 0.6 is 0 Å². The lowest BCUT2D eigenvalue weighted by Crippen LogP contribution is -2.38. The first-order chi connectivity index (χ1) is 11.8. The lowest BCUT2D eigenvalue weighted by Gasteiger charge is -2.33. The number of aliphatic hydroxyl groups excluding tert-OH is 1. The second kappa shape index (κ2) is 7.08. The summed E-state index contributed by atoms with van der Waals surface area (Å²) in [5.74, 6) is 2.10. The normalized spacial score (nSPS) is 21.0. The van der Waals surface area contributed by atoms with Crippen LogP contribution in [0.3, 0.4) is 0 Å². The van der Waals surface area contributed by atoms with Crippen molar-refractivity contribution in [2.45, 2.75) is 50.7 Å². The number of hydrogen-bond acceptors (Lipinski definition) is 4. The van der Waals surface area contributed by atoms with Gasteiger partial charge >= 0.3 is 0 Å². The summed E-state index contributed by atoms with van der Waals surface area (Å²) < 4.78 is 5.44. The SMILES string of the molecule is O[C@@H](Cc1ccccc1)C1CCN(Cc2cc(C3CC3)on2)CC1. The van der Waals surface area contributed by atoms with Crippen molar-refractivity contribution in [2.24, 2.45) is 5.92 Å². The highest BCUT2D eigenvalue weighted by atomic mass is 16.5. The quantitative estimate of drug-likeness (QED) is 0.884. The van der Waals surface area contributed by atoms with Gasteiger partial charge in [-0.2, -0.15) is 0 Å². The van der Waals surface area contributed by atoms with Gasteiger partial charge in [0.15, 0.2) is 0 Å². The lowest BCUT2D eigenvalue weighted by atomic mass is 9.88. The predicted molar refractivity (Wildman–Crippen MR) is 92.6 cm³/mol. The summed E-state index contributed by atoms with van der Waals surface area (Å²) >= 11 is 0. The van der Waals surface area contributed by atoms with E-state index in [9.17, 15) is 5.11 Å². The van der Waals surface area contributed by atoms with Crippen molar-refractivity contribution in [3.63, 3.8) is 0 Å². The number of likely N-dealkylation sites (tertiary alicyclic amines) is 1. The number of piperidine rings is 1. The summed E-state index contributed by atoms with van der Waals surface area (Å²) in [5, 5.41) is 14.7. The standard InChI is InChI=1S/C20H26N2O2/c23-19(12-15-4-2-1-3-5-15)16-8-10-22(11-9-16)14-18-13-20(24-21-18)17-6-7-17/h1-5,13,16-17,19,23H,6-12,14H2/t19-/m0/s1. The number of aliphatic hydroxyl groups is 1. The molecule has 1 atom stereocenters. The van der Waals surface area contributed by atoms with Gasteiger partial charge in [-0.25, -0.2) is 0 Å². The van der Waals surface area contributed by atoms with Gasteiger partial charge in [0.2, 0.25) is 0 Å². The Labute approximate surface area is 143 Å². The highest BCUT2D eigenvalue weighted by molar-refractivity contribution is 5.16. The van der Waals surface area contributed by atoms with Crippen LogP contribution in [-0.2, 0) is 13.0 Å². The van der Waals surface area contributed by atoms with Gasteiger partial charge in [-0.3, -0.25) is 4.90 Å². The van der Waals surface area contributed by atoms with E-state index >= 15 is 0 Å². The molecule has 0 radical (unpaired) electrons. The van der Waals surface area contributed by atoms with E-state index in [-0.39, 0.29) is 6.10 Å². The van der Waals surface area contributed by atoms with Crippen molar-refractivity contribution in [1.29, 1.82) is 0 Å². The zero-order chi connectivity index (χ0) is 16.4. The summed E-state index contributed by atoms with van der Waals surface area (Å²) in [4.78, 5) is 2.43. The maximum atomic E-state index is 10.5. The minimum Gasteiger partial charge on any atom is -0.392 e. The minimum absolute atomic E-state index is 0.233. The van der Waals surface area contributed by atoms with Crippen LogP contribution in [0.4, 0.5) is 0 Å². The Morgan fingerprint density at radius 1 is 1.12 bits per heavy atom. The molecule has 2 heterocycles. The second-order valence-corrected chi connectivity index (χ2v) is 7.37. The molecule has 1 N–H and O–H groups in total. The van der Waals surface area contributed by atoms with Crippen LogP contribution < -0.4 is 0 Å². The monoisotopic (exact) mass is 326 g/mol. The summed E-state index contributed by atoms with van der Waals surface area (Å²) in [6.07, 6.45) is 5.14. The average Bonchev–Trinajstić information content (AvgIpc) is 3.36. The Kier molecular flexibility index (Phi) is 4.67. The maximum Gasteiger partial charge on any atom is 0.140 e. The first-order valence-corrected chi connectivity index (χ1v) is 9.18. The van der Waals surface area contributed by atoms with E-state index in [4.69, 9.17) is 4.52 Å². The second-order valence-electron chi connectivity index (χ2n) is 7.37. The van der Waals surface area contributed by atoms with Crippen molar-refractivity contribution in [2.75, 3.05) is 13.1 Å². The highest BCUT2D eigenvalue weighted by Crippen LogP contribution is 2.40. The average molecular weight is 326 g/mol. The van der Waals surface area contributed by atoms with Crippen LogP contribution in [0.2, 0.25) is 0 Å². The van der Waals surface area contributed by atoms with E-state index in [2.05, 4.69) is 28.3 Å².